The van der Waals surface area contributed by atoms with Gasteiger partial charge in [0.2, 0.25) is 0 Å². The van der Waals surface area contributed by atoms with Crippen LogP contribution in [0, 0.1) is 6.92 Å². The lowest BCUT2D eigenvalue weighted by Crippen LogP contribution is -2.30. The summed E-state index contributed by atoms with van der Waals surface area (Å²) in [4.78, 5) is 5.36. The van der Waals surface area contributed by atoms with Gasteiger partial charge < -0.3 is 4.42 Å². The molecule has 0 aliphatic heterocycles. The van der Waals surface area contributed by atoms with Crippen LogP contribution in [0.25, 0.3) is 11.1 Å². The lowest BCUT2D eigenvalue weighted by Gasteiger charge is -2.18. The molecular weight excluding hydrogens is 245 g/mol. The monoisotopic (exact) mass is 258 g/mol. The third-order valence-corrected chi connectivity index (χ3v) is 2.46. The van der Waals surface area contributed by atoms with Gasteiger partial charge in [-0.05, 0) is 24.7 Å². The Kier molecular flexibility index (Phi) is 3.30. The van der Waals surface area contributed by atoms with E-state index in [4.69, 9.17) is 4.42 Å². The molecule has 0 fully saturated rings. The summed E-state index contributed by atoms with van der Waals surface area (Å²) in [6.45, 7) is 1.03. The van der Waals surface area contributed by atoms with Gasteiger partial charge in [0, 0.05) is 13.5 Å². The lowest BCUT2D eigenvalue weighted by molar-refractivity contribution is -0.144. The fourth-order valence-corrected chi connectivity index (χ4v) is 1.86. The van der Waals surface area contributed by atoms with Crippen molar-refractivity contribution in [3.05, 3.63) is 29.7 Å². The normalized spacial score (nSPS) is 12.6. The maximum atomic E-state index is 12.2. The molecule has 0 aliphatic rings. The van der Waals surface area contributed by atoms with Crippen molar-refractivity contribution in [2.45, 2.75) is 19.6 Å². The van der Waals surface area contributed by atoms with Gasteiger partial charge in [-0.25, -0.2) is 4.98 Å². The topological polar surface area (TPSA) is 29.3 Å². The molecule has 6 heteroatoms. The van der Waals surface area contributed by atoms with Gasteiger partial charge >= 0.3 is 6.18 Å². The van der Waals surface area contributed by atoms with Gasteiger partial charge in [0.15, 0.2) is 11.5 Å². The molecule has 18 heavy (non-hydrogen) atoms. The minimum absolute atomic E-state index is 0.224. The smallest absolute Gasteiger partial charge is 0.401 e. The molecule has 0 N–H and O–H groups in total. The van der Waals surface area contributed by atoms with Crippen molar-refractivity contribution in [3.8, 4) is 0 Å². The molecule has 1 aromatic carbocycles. The first-order valence-corrected chi connectivity index (χ1v) is 5.45. The van der Waals surface area contributed by atoms with Crippen molar-refractivity contribution in [1.82, 2.24) is 9.88 Å². The highest BCUT2D eigenvalue weighted by Gasteiger charge is 2.29. The molecule has 2 rings (SSSR count). The van der Waals surface area contributed by atoms with Crippen molar-refractivity contribution in [3.63, 3.8) is 0 Å². The zero-order valence-electron chi connectivity index (χ0n) is 10.1. The second-order valence-corrected chi connectivity index (χ2v) is 4.32. The zero-order valence-corrected chi connectivity index (χ0v) is 10.1. The van der Waals surface area contributed by atoms with Crippen molar-refractivity contribution in [2.75, 3.05) is 13.6 Å². The van der Waals surface area contributed by atoms with Gasteiger partial charge in [-0.3, -0.25) is 4.90 Å². The maximum absolute atomic E-state index is 12.2. The van der Waals surface area contributed by atoms with Crippen LogP contribution in [0.5, 0.6) is 0 Å². The quantitative estimate of drug-likeness (QED) is 0.847. The molecule has 0 saturated carbocycles. The molecule has 0 saturated heterocycles. The van der Waals surface area contributed by atoms with E-state index in [1.807, 2.05) is 0 Å². The van der Waals surface area contributed by atoms with Gasteiger partial charge in [-0.2, -0.15) is 13.2 Å². The van der Waals surface area contributed by atoms with E-state index >= 15 is 0 Å². The Labute approximate surface area is 102 Å². The average molecular weight is 258 g/mol. The molecule has 0 bridgehead atoms. The first-order valence-electron chi connectivity index (χ1n) is 5.45. The van der Waals surface area contributed by atoms with Crippen LogP contribution in [0.4, 0.5) is 13.2 Å². The Bertz CT molecular complexity index is 548. The number of oxazole rings is 1. The zero-order chi connectivity index (χ0) is 13.3. The third-order valence-electron chi connectivity index (χ3n) is 2.46. The molecule has 0 spiro atoms. The molecule has 0 unspecified atom stereocenters. The van der Waals surface area contributed by atoms with Crippen LogP contribution >= 0.6 is 0 Å². The van der Waals surface area contributed by atoms with Crippen molar-refractivity contribution >= 4 is 11.1 Å². The summed E-state index contributed by atoms with van der Waals surface area (Å²) >= 11 is 0. The number of aryl methyl sites for hydroxylation is 1. The van der Waals surface area contributed by atoms with Gasteiger partial charge in [-0.1, -0.05) is 6.07 Å². The molecule has 98 valence electrons. The average Bonchev–Trinajstić information content (AvgIpc) is 2.53. The highest BCUT2D eigenvalue weighted by molar-refractivity contribution is 5.73. The van der Waals surface area contributed by atoms with Crippen LogP contribution in [-0.4, -0.2) is 29.7 Å². The second kappa shape index (κ2) is 4.61. The second-order valence-electron chi connectivity index (χ2n) is 4.32. The molecule has 0 atom stereocenters. The van der Waals surface area contributed by atoms with Crippen LogP contribution in [-0.2, 0) is 6.54 Å². The van der Waals surface area contributed by atoms with Crippen LogP contribution in [0.15, 0.2) is 22.6 Å². The predicted octanol–water partition coefficient (Wildman–Crippen LogP) is 3.13. The Morgan fingerprint density at radius 2 is 2.06 bits per heavy atom. The molecule has 1 heterocycles. The Morgan fingerprint density at radius 3 is 2.72 bits per heavy atom. The van der Waals surface area contributed by atoms with Crippen molar-refractivity contribution in [2.24, 2.45) is 0 Å². The van der Waals surface area contributed by atoms with E-state index in [1.54, 1.807) is 25.1 Å². The van der Waals surface area contributed by atoms with Crippen LogP contribution in [0.2, 0.25) is 0 Å². The first-order chi connectivity index (χ1) is 8.33. The molecule has 0 amide bonds. The van der Waals surface area contributed by atoms with E-state index < -0.39 is 12.7 Å². The standard InChI is InChI=1S/C12H13F3N2O/c1-8-16-10-5-9(3-4-11(10)18-8)6-17(2)7-12(13,14)15/h3-5H,6-7H2,1-2H3. The predicted molar refractivity (Wildman–Crippen MR) is 61.1 cm³/mol. The van der Waals surface area contributed by atoms with E-state index in [1.165, 1.54) is 11.9 Å². The number of hydrogen-bond acceptors (Lipinski definition) is 3. The van der Waals surface area contributed by atoms with E-state index in [9.17, 15) is 13.2 Å². The lowest BCUT2D eigenvalue weighted by atomic mass is 10.2. The number of alkyl halides is 3. The number of benzene rings is 1. The minimum atomic E-state index is -4.18. The van der Waals surface area contributed by atoms with Crippen LogP contribution in [0.1, 0.15) is 11.5 Å². The van der Waals surface area contributed by atoms with E-state index in [-0.39, 0.29) is 6.54 Å². The van der Waals surface area contributed by atoms with Crippen LogP contribution in [0.3, 0.4) is 0 Å². The van der Waals surface area contributed by atoms with Gasteiger partial charge in [0.05, 0.1) is 6.54 Å². The summed E-state index contributed by atoms with van der Waals surface area (Å²) < 4.78 is 41.9. The third kappa shape index (κ3) is 3.22. The largest absolute Gasteiger partial charge is 0.441 e. The molecular formula is C12H13F3N2O. The number of nitrogens with zero attached hydrogens (tertiary/aromatic N) is 2. The van der Waals surface area contributed by atoms with Gasteiger partial charge in [0.1, 0.15) is 5.52 Å². The highest BCUT2D eigenvalue weighted by Crippen LogP contribution is 2.20. The summed E-state index contributed by atoms with van der Waals surface area (Å²) in [5, 5.41) is 0. The Balaban J connectivity index is 2.11. The van der Waals surface area contributed by atoms with Crippen LogP contribution < -0.4 is 0 Å². The first kappa shape index (κ1) is 12.9. The summed E-state index contributed by atoms with van der Waals surface area (Å²) in [5.74, 6) is 0.547. The number of fused-ring (bicyclic) bond motifs is 1. The number of halogens is 3. The molecule has 2 aromatic rings. The molecule has 0 aliphatic carbocycles. The minimum Gasteiger partial charge on any atom is -0.441 e. The van der Waals surface area contributed by atoms with Gasteiger partial charge in [0.25, 0.3) is 0 Å². The SMILES string of the molecule is Cc1nc2cc(CN(C)CC(F)(F)F)ccc2o1. The Morgan fingerprint density at radius 1 is 1.33 bits per heavy atom. The fraction of sp³-hybridized carbons (Fsp3) is 0.417. The number of hydrogen-bond donors (Lipinski definition) is 0. The Hall–Kier alpha value is -1.56. The number of rotatable bonds is 3. The van der Waals surface area contributed by atoms with E-state index in [2.05, 4.69) is 4.98 Å². The number of aromatic nitrogens is 1. The van der Waals surface area contributed by atoms with Crippen molar-refractivity contribution < 1.29 is 17.6 Å². The molecule has 3 nitrogen and oxygen atoms in total. The summed E-state index contributed by atoms with van der Waals surface area (Å²) in [6.07, 6.45) is -4.18. The maximum Gasteiger partial charge on any atom is 0.401 e. The fourth-order valence-electron chi connectivity index (χ4n) is 1.86. The van der Waals surface area contributed by atoms with E-state index in [0.717, 1.165) is 5.56 Å². The van der Waals surface area contributed by atoms with E-state index in [0.29, 0.717) is 17.0 Å². The van der Waals surface area contributed by atoms with Gasteiger partial charge in [-0.15, -0.1) is 0 Å². The summed E-state index contributed by atoms with van der Waals surface area (Å²) in [7, 11) is 1.44. The van der Waals surface area contributed by atoms with Crippen molar-refractivity contribution in [1.29, 1.82) is 0 Å². The summed E-state index contributed by atoms with van der Waals surface area (Å²) in [5.41, 5.74) is 2.10. The molecule has 1 aromatic heterocycles. The molecule has 0 radical (unpaired) electrons. The summed E-state index contributed by atoms with van der Waals surface area (Å²) in [6, 6.07) is 5.23. The highest BCUT2D eigenvalue weighted by atomic mass is 19.4.